The number of carbonyl (C=O) groups is 1. The van der Waals surface area contributed by atoms with E-state index in [1.54, 1.807) is 0 Å². The molecule has 0 fully saturated rings. The monoisotopic (exact) mass is 240 g/mol. The van der Waals surface area contributed by atoms with Gasteiger partial charge in [-0.05, 0) is 26.0 Å². The average molecular weight is 240 g/mol. The van der Waals surface area contributed by atoms with Gasteiger partial charge in [-0.2, -0.15) is 0 Å². The van der Waals surface area contributed by atoms with E-state index < -0.39 is 23.0 Å². The number of H-pyrrole nitrogens is 1. The van der Waals surface area contributed by atoms with Crippen LogP contribution in [0.5, 0.6) is 0 Å². The molecule has 90 valence electrons. The first kappa shape index (κ1) is 11.5. The maximum absolute atomic E-state index is 13.4. The van der Waals surface area contributed by atoms with Crippen molar-refractivity contribution in [2.45, 2.75) is 19.3 Å². The molecule has 1 heterocycles. The molecule has 0 spiro atoms. The minimum absolute atomic E-state index is 0.0875. The minimum Gasteiger partial charge on any atom is -0.481 e. The molecule has 0 saturated heterocycles. The summed E-state index contributed by atoms with van der Waals surface area (Å²) in [6.07, 6.45) is 0. The van der Waals surface area contributed by atoms with Gasteiger partial charge in [-0.15, -0.1) is 0 Å². The number of imidazole rings is 1. The third-order valence-electron chi connectivity index (χ3n) is 2.67. The predicted molar refractivity (Wildman–Crippen MR) is 56.7 cm³/mol. The van der Waals surface area contributed by atoms with E-state index in [0.29, 0.717) is 0 Å². The normalized spacial score (nSPS) is 12.0. The number of rotatable bonds is 2. The number of carboxylic acids is 1. The molecule has 0 unspecified atom stereocenters. The molecular weight excluding hydrogens is 230 g/mol. The molecule has 0 aliphatic rings. The smallest absolute Gasteiger partial charge is 0.316 e. The Bertz CT molecular complexity index is 605. The Labute approximate surface area is 95.3 Å². The summed E-state index contributed by atoms with van der Waals surface area (Å²) in [5.41, 5.74) is -1.20. The molecule has 17 heavy (non-hydrogen) atoms. The maximum atomic E-state index is 13.4. The van der Waals surface area contributed by atoms with Crippen LogP contribution in [-0.2, 0) is 10.2 Å². The molecule has 4 nitrogen and oxygen atoms in total. The summed E-state index contributed by atoms with van der Waals surface area (Å²) in [7, 11) is 0. The number of carboxylic acid groups (broad SMARTS) is 1. The van der Waals surface area contributed by atoms with E-state index in [4.69, 9.17) is 5.11 Å². The summed E-state index contributed by atoms with van der Waals surface area (Å²) in [6, 6.07) is 2.29. The van der Waals surface area contributed by atoms with Crippen molar-refractivity contribution in [3.05, 3.63) is 29.6 Å². The minimum atomic E-state index is -1.29. The molecule has 0 amide bonds. The van der Waals surface area contributed by atoms with Gasteiger partial charge < -0.3 is 10.1 Å². The lowest BCUT2D eigenvalue weighted by molar-refractivity contribution is -0.142. The molecule has 6 heteroatoms. The molecule has 1 aromatic heterocycles. The highest BCUT2D eigenvalue weighted by molar-refractivity contribution is 5.82. The van der Waals surface area contributed by atoms with E-state index in [1.165, 1.54) is 19.9 Å². The largest absolute Gasteiger partial charge is 0.481 e. The van der Waals surface area contributed by atoms with Crippen LogP contribution >= 0.6 is 0 Å². The zero-order valence-electron chi connectivity index (χ0n) is 9.21. The molecular formula is C11H10F2N2O2. The quantitative estimate of drug-likeness (QED) is 0.845. The molecule has 2 aromatic rings. The first-order chi connectivity index (χ1) is 7.84. The predicted octanol–water partition coefficient (Wildman–Crippen LogP) is 2.20. The Morgan fingerprint density at radius 3 is 2.65 bits per heavy atom. The lowest BCUT2D eigenvalue weighted by atomic mass is 9.93. The third kappa shape index (κ3) is 1.65. The molecule has 2 N–H and O–H groups in total. The Hall–Kier alpha value is -1.98. The van der Waals surface area contributed by atoms with Crippen LogP contribution in [0.25, 0.3) is 11.0 Å². The van der Waals surface area contributed by atoms with Gasteiger partial charge in [-0.1, -0.05) is 0 Å². The van der Waals surface area contributed by atoms with Crippen LogP contribution in [0.3, 0.4) is 0 Å². The second-order valence-corrected chi connectivity index (χ2v) is 4.27. The van der Waals surface area contributed by atoms with Crippen molar-refractivity contribution >= 4 is 17.0 Å². The molecule has 0 aliphatic carbocycles. The van der Waals surface area contributed by atoms with Crippen molar-refractivity contribution in [3.8, 4) is 0 Å². The summed E-state index contributed by atoms with van der Waals surface area (Å²) in [5, 5.41) is 9.02. The highest BCUT2D eigenvalue weighted by Crippen LogP contribution is 2.25. The summed E-state index contributed by atoms with van der Waals surface area (Å²) >= 11 is 0. The van der Waals surface area contributed by atoms with Crippen LogP contribution in [-0.4, -0.2) is 21.0 Å². The van der Waals surface area contributed by atoms with Crippen LogP contribution in [0, 0.1) is 11.6 Å². The Balaban J connectivity index is 2.68. The average Bonchev–Trinajstić information content (AvgIpc) is 2.68. The van der Waals surface area contributed by atoms with E-state index >= 15 is 0 Å². The highest BCUT2D eigenvalue weighted by Gasteiger charge is 2.33. The summed E-state index contributed by atoms with van der Waals surface area (Å²) in [4.78, 5) is 17.5. The number of nitrogens with zero attached hydrogens (tertiary/aromatic N) is 1. The molecule has 0 atom stereocenters. The Morgan fingerprint density at radius 1 is 1.41 bits per heavy atom. The first-order valence-corrected chi connectivity index (χ1v) is 4.91. The van der Waals surface area contributed by atoms with Crippen LogP contribution in [0.2, 0.25) is 0 Å². The highest BCUT2D eigenvalue weighted by atomic mass is 19.2. The van der Waals surface area contributed by atoms with Crippen molar-refractivity contribution in [2.24, 2.45) is 0 Å². The van der Waals surface area contributed by atoms with E-state index in [-0.39, 0.29) is 16.9 Å². The first-order valence-electron chi connectivity index (χ1n) is 4.91. The van der Waals surface area contributed by atoms with Gasteiger partial charge in [0.15, 0.2) is 11.6 Å². The Morgan fingerprint density at radius 2 is 2.06 bits per heavy atom. The van der Waals surface area contributed by atoms with E-state index in [9.17, 15) is 13.6 Å². The van der Waals surface area contributed by atoms with Crippen LogP contribution in [0.1, 0.15) is 19.7 Å². The number of aliphatic carboxylic acids is 1. The van der Waals surface area contributed by atoms with Crippen molar-refractivity contribution in [1.82, 2.24) is 9.97 Å². The number of hydrogen-bond acceptors (Lipinski definition) is 2. The fourth-order valence-corrected chi connectivity index (χ4v) is 1.41. The molecule has 2 rings (SSSR count). The molecule has 0 saturated carbocycles. The van der Waals surface area contributed by atoms with Gasteiger partial charge in [0, 0.05) is 0 Å². The lowest BCUT2D eigenvalue weighted by Crippen LogP contribution is -2.29. The third-order valence-corrected chi connectivity index (χ3v) is 2.67. The van der Waals surface area contributed by atoms with Gasteiger partial charge in [-0.25, -0.2) is 13.8 Å². The topological polar surface area (TPSA) is 66.0 Å². The number of benzene rings is 1. The fraction of sp³-hybridized carbons (Fsp3) is 0.273. The summed E-state index contributed by atoms with van der Waals surface area (Å²) < 4.78 is 26.4. The van der Waals surface area contributed by atoms with Gasteiger partial charge in [-0.3, -0.25) is 4.79 Å². The summed E-state index contributed by atoms with van der Waals surface area (Å²) in [5.74, 6) is -3.10. The van der Waals surface area contributed by atoms with E-state index in [0.717, 1.165) is 6.07 Å². The zero-order valence-corrected chi connectivity index (χ0v) is 9.21. The second-order valence-electron chi connectivity index (χ2n) is 4.27. The van der Waals surface area contributed by atoms with Gasteiger partial charge in [0.05, 0.1) is 5.52 Å². The van der Waals surface area contributed by atoms with Crippen molar-refractivity contribution in [3.63, 3.8) is 0 Å². The SMILES string of the molecule is CC(C)(C(=O)O)c1nc2c(F)c(F)ccc2[nH]1. The van der Waals surface area contributed by atoms with Crippen LogP contribution in [0.4, 0.5) is 8.78 Å². The van der Waals surface area contributed by atoms with Crippen LogP contribution in [0.15, 0.2) is 12.1 Å². The standard InChI is InChI=1S/C11H10F2N2O2/c1-11(2,10(16)17)9-14-6-4-3-5(12)7(13)8(6)15-9/h3-4H,1-2H3,(H,14,15)(H,16,17). The lowest BCUT2D eigenvalue weighted by Gasteiger charge is -2.15. The van der Waals surface area contributed by atoms with E-state index in [1.807, 2.05) is 0 Å². The number of aromatic amines is 1. The number of fused-ring (bicyclic) bond motifs is 1. The zero-order chi connectivity index (χ0) is 12.8. The maximum Gasteiger partial charge on any atom is 0.316 e. The van der Waals surface area contributed by atoms with E-state index in [2.05, 4.69) is 9.97 Å². The molecule has 0 aliphatic heterocycles. The summed E-state index contributed by atoms with van der Waals surface area (Å²) in [6.45, 7) is 2.86. The van der Waals surface area contributed by atoms with Gasteiger partial charge in [0.1, 0.15) is 16.8 Å². The van der Waals surface area contributed by atoms with Gasteiger partial charge in [0.2, 0.25) is 0 Å². The molecule has 0 bridgehead atoms. The fourth-order valence-electron chi connectivity index (χ4n) is 1.41. The number of aromatic nitrogens is 2. The van der Waals surface area contributed by atoms with Crippen LogP contribution < -0.4 is 0 Å². The molecule has 1 aromatic carbocycles. The number of nitrogens with one attached hydrogen (secondary N) is 1. The van der Waals surface area contributed by atoms with Gasteiger partial charge >= 0.3 is 5.97 Å². The van der Waals surface area contributed by atoms with Crippen molar-refractivity contribution in [2.75, 3.05) is 0 Å². The second kappa shape index (κ2) is 3.51. The number of halogens is 2. The Kier molecular flexibility index (Phi) is 2.38. The number of hydrogen-bond donors (Lipinski definition) is 2. The van der Waals surface area contributed by atoms with Crippen molar-refractivity contribution in [1.29, 1.82) is 0 Å². The molecule has 0 radical (unpaired) electrons. The van der Waals surface area contributed by atoms with Gasteiger partial charge in [0.25, 0.3) is 0 Å². The van der Waals surface area contributed by atoms with Crippen molar-refractivity contribution < 1.29 is 18.7 Å².